The van der Waals surface area contributed by atoms with Crippen molar-refractivity contribution in [2.45, 2.75) is 130 Å². The quantitative estimate of drug-likeness (QED) is 0.230. The topological polar surface area (TPSA) is 87.7 Å². The van der Waals surface area contributed by atoms with Gasteiger partial charge in [-0.3, -0.25) is 9.59 Å². The summed E-state index contributed by atoms with van der Waals surface area (Å²) in [5, 5.41) is 5.95. The van der Waals surface area contributed by atoms with E-state index in [2.05, 4.69) is 24.5 Å². The van der Waals surface area contributed by atoms with Crippen LogP contribution in [0.2, 0.25) is 0 Å². The molecule has 0 fully saturated rings. The van der Waals surface area contributed by atoms with Crippen molar-refractivity contribution in [3.63, 3.8) is 0 Å². The number of ether oxygens (including phenoxy) is 1. The molecule has 3 unspecified atom stereocenters. The van der Waals surface area contributed by atoms with Crippen molar-refractivity contribution in [3.05, 3.63) is 35.9 Å². The van der Waals surface area contributed by atoms with Gasteiger partial charge in [-0.2, -0.15) is 0 Å². The van der Waals surface area contributed by atoms with E-state index in [1.807, 2.05) is 51.1 Å². The Morgan fingerprint density at radius 1 is 0.895 bits per heavy atom. The number of carbonyl (C=O) groups excluding carboxylic acids is 3. The Morgan fingerprint density at radius 2 is 1.53 bits per heavy atom. The van der Waals surface area contributed by atoms with Crippen molar-refractivity contribution in [2.24, 2.45) is 5.92 Å². The van der Waals surface area contributed by atoms with Gasteiger partial charge >= 0.3 is 6.09 Å². The van der Waals surface area contributed by atoms with Crippen molar-refractivity contribution < 1.29 is 19.1 Å². The van der Waals surface area contributed by atoms with Crippen LogP contribution in [0.3, 0.4) is 0 Å². The van der Waals surface area contributed by atoms with Crippen molar-refractivity contribution in [1.82, 2.24) is 15.5 Å². The summed E-state index contributed by atoms with van der Waals surface area (Å²) in [5.41, 5.74) is 0.0762. The van der Waals surface area contributed by atoms with Crippen molar-refractivity contribution in [1.29, 1.82) is 0 Å². The summed E-state index contributed by atoms with van der Waals surface area (Å²) in [6.45, 7) is 16.1. The number of benzene rings is 1. The Hall–Kier alpha value is -2.57. The Labute approximate surface area is 231 Å². The van der Waals surface area contributed by atoms with E-state index in [1.54, 1.807) is 25.7 Å². The molecule has 3 amide bonds. The first-order valence-electron chi connectivity index (χ1n) is 14.5. The van der Waals surface area contributed by atoms with E-state index in [-0.39, 0.29) is 23.8 Å². The maximum Gasteiger partial charge on any atom is 0.408 e. The minimum Gasteiger partial charge on any atom is -0.444 e. The van der Waals surface area contributed by atoms with Crippen molar-refractivity contribution in [3.8, 4) is 0 Å². The molecule has 7 heteroatoms. The molecule has 1 aromatic rings. The Balaban J connectivity index is 3.41. The number of hydrogen-bond donors (Lipinski definition) is 2. The molecule has 1 rings (SSSR count). The highest BCUT2D eigenvalue weighted by atomic mass is 16.6. The largest absolute Gasteiger partial charge is 0.444 e. The van der Waals surface area contributed by atoms with E-state index in [4.69, 9.17) is 4.74 Å². The molecule has 7 nitrogen and oxygen atoms in total. The third-order valence-electron chi connectivity index (χ3n) is 6.27. The molecule has 1 aromatic carbocycles. The Kier molecular flexibility index (Phi) is 15.1. The molecule has 0 bridgehead atoms. The van der Waals surface area contributed by atoms with Gasteiger partial charge in [0, 0.05) is 12.6 Å². The first kappa shape index (κ1) is 33.5. The summed E-state index contributed by atoms with van der Waals surface area (Å²) in [6.07, 6.45) is 6.73. The van der Waals surface area contributed by atoms with Crippen LogP contribution < -0.4 is 10.6 Å². The van der Waals surface area contributed by atoms with Gasteiger partial charge in [0.05, 0.1) is 0 Å². The van der Waals surface area contributed by atoms with Gasteiger partial charge in [-0.25, -0.2) is 4.79 Å². The maximum atomic E-state index is 14.2. The molecule has 0 aliphatic heterocycles. The maximum absolute atomic E-state index is 14.2. The molecule has 0 aliphatic carbocycles. The number of unbranched alkanes of at least 4 members (excludes halogenated alkanes) is 4. The fourth-order valence-electron chi connectivity index (χ4n) is 4.53. The second-order valence-electron chi connectivity index (χ2n) is 11.8. The minimum absolute atomic E-state index is 0.00781. The number of nitrogens with zero attached hydrogens (tertiary/aromatic N) is 1. The summed E-state index contributed by atoms with van der Waals surface area (Å²) in [4.78, 5) is 42.4. The minimum atomic E-state index is -0.799. The van der Waals surface area contributed by atoms with E-state index >= 15 is 0 Å². The van der Waals surface area contributed by atoms with Gasteiger partial charge in [0.15, 0.2) is 0 Å². The third-order valence-corrected chi connectivity index (χ3v) is 6.27. The summed E-state index contributed by atoms with van der Waals surface area (Å²) < 4.78 is 5.48. The lowest BCUT2D eigenvalue weighted by molar-refractivity contribution is -0.143. The van der Waals surface area contributed by atoms with E-state index < -0.39 is 23.8 Å². The van der Waals surface area contributed by atoms with Crippen LogP contribution >= 0.6 is 0 Å². The van der Waals surface area contributed by atoms with Crippen LogP contribution in [-0.2, 0) is 14.3 Å². The highest BCUT2D eigenvalue weighted by Gasteiger charge is 2.36. The molecule has 0 saturated heterocycles. The van der Waals surface area contributed by atoms with Gasteiger partial charge in [0.25, 0.3) is 0 Å². The van der Waals surface area contributed by atoms with Gasteiger partial charge in [0.2, 0.25) is 11.8 Å². The lowest BCUT2D eigenvalue weighted by Crippen LogP contribution is -2.54. The molecule has 0 spiro atoms. The summed E-state index contributed by atoms with van der Waals surface area (Å²) in [7, 11) is 0. The Bertz CT molecular complexity index is 835. The number of carbonyl (C=O) groups is 3. The summed E-state index contributed by atoms with van der Waals surface area (Å²) >= 11 is 0. The predicted molar refractivity (Wildman–Crippen MR) is 155 cm³/mol. The second kappa shape index (κ2) is 17.1. The molecular formula is C31H53N3O4. The van der Waals surface area contributed by atoms with Gasteiger partial charge in [-0.15, -0.1) is 0 Å². The molecule has 0 saturated carbocycles. The van der Waals surface area contributed by atoms with Gasteiger partial charge in [-0.1, -0.05) is 90.1 Å². The highest BCUT2D eigenvalue weighted by Crippen LogP contribution is 2.25. The normalized spacial score (nSPS) is 13.9. The SMILES string of the molecule is CCCCCCCN(C(=O)C(CC(C)C)NC(=O)OC(C)(C)C)C(C(=O)NC(C)CCC)c1ccccc1. The van der Waals surface area contributed by atoms with Gasteiger partial charge < -0.3 is 20.3 Å². The van der Waals surface area contributed by atoms with Crippen LogP contribution in [0.15, 0.2) is 30.3 Å². The standard InChI is InChI=1S/C31H53N3O4/c1-9-11-12-13-17-21-34(29(36)26(22-23(3)4)33-30(37)38-31(6,7)8)27(25-19-15-14-16-20-25)28(35)32-24(5)18-10-2/h14-16,19-20,23-24,26-27H,9-13,17-18,21-22H2,1-8H3,(H,32,35)(H,33,37). The van der Waals surface area contributed by atoms with E-state index in [0.29, 0.717) is 13.0 Å². The molecule has 0 aromatic heterocycles. The zero-order chi connectivity index (χ0) is 28.7. The number of nitrogens with one attached hydrogen (secondary N) is 2. The molecule has 0 heterocycles. The van der Waals surface area contributed by atoms with E-state index in [9.17, 15) is 14.4 Å². The zero-order valence-electron chi connectivity index (χ0n) is 25.1. The summed E-state index contributed by atoms with van der Waals surface area (Å²) in [5.74, 6) is -0.300. The molecule has 38 heavy (non-hydrogen) atoms. The zero-order valence-corrected chi connectivity index (χ0v) is 25.1. The van der Waals surface area contributed by atoms with Crippen LogP contribution in [0.4, 0.5) is 4.79 Å². The highest BCUT2D eigenvalue weighted by molar-refractivity contribution is 5.92. The number of alkyl carbamates (subject to hydrolysis) is 1. The van der Waals surface area contributed by atoms with Crippen LogP contribution in [0.1, 0.15) is 118 Å². The van der Waals surface area contributed by atoms with Crippen LogP contribution in [0.25, 0.3) is 0 Å². The van der Waals surface area contributed by atoms with Crippen LogP contribution in [0, 0.1) is 5.92 Å². The first-order valence-corrected chi connectivity index (χ1v) is 14.5. The first-order chi connectivity index (χ1) is 17.9. The molecular weight excluding hydrogens is 478 g/mol. The predicted octanol–water partition coefficient (Wildman–Crippen LogP) is 6.77. The van der Waals surface area contributed by atoms with Gasteiger partial charge in [-0.05, 0) is 58.4 Å². The average molecular weight is 532 g/mol. The van der Waals surface area contributed by atoms with E-state index in [1.165, 1.54) is 0 Å². The van der Waals surface area contributed by atoms with Crippen molar-refractivity contribution >= 4 is 17.9 Å². The fourth-order valence-corrected chi connectivity index (χ4v) is 4.53. The fraction of sp³-hybridized carbons (Fsp3) is 0.710. The molecule has 0 radical (unpaired) electrons. The Morgan fingerprint density at radius 3 is 2.08 bits per heavy atom. The van der Waals surface area contributed by atoms with Crippen LogP contribution in [0.5, 0.6) is 0 Å². The average Bonchev–Trinajstić information content (AvgIpc) is 2.81. The van der Waals surface area contributed by atoms with E-state index in [0.717, 1.165) is 50.5 Å². The second-order valence-corrected chi connectivity index (χ2v) is 11.8. The number of amides is 3. The number of hydrogen-bond acceptors (Lipinski definition) is 4. The molecule has 2 N–H and O–H groups in total. The van der Waals surface area contributed by atoms with Crippen LogP contribution in [-0.4, -0.2) is 47.0 Å². The summed E-state index contributed by atoms with van der Waals surface area (Å²) in [6, 6.07) is 7.87. The third kappa shape index (κ3) is 12.8. The number of rotatable bonds is 16. The molecule has 216 valence electrons. The van der Waals surface area contributed by atoms with Gasteiger partial charge in [0.1, 0.15) is 17.7 Å². The van der Waals surface area contributed by atoms with Crippen molar-refractivity contribution in [2.75, 3.05) is 6.54 Å². The molecule has 3 atom stereocenters. The monoisotopic (exact) mass is 531 g/mol. The lowest BCUT2D eigenvalue weighted by atomic mass is 9.98. The smallest absolute Gasteiger partial charge is 0.408 e. The lowest BCUT2D eigenvalue weighted by Gasteiger charge is -2.35. The molecule has 0 aliphatic rings.